The molecule has 1 aromatic carbocycles. The summed E-state index contributed by atoms with van der Waals surface area (Å²) in [5.41, 5.74) is 1.10. The topological polar surface area (TPSA) is 47.9 Å². The summed E-state index contributed by atoms with van der Waals surface area (Å²) in [5, 5.41) is 9.67. The van der Waals surface area contributed by atoms with Gasteiger partial charge in [-0.3, -0.25) is 0 Å². The van der Waals surface area contributed by atoms with Crippen LogP contribution in [-0.2, 0) is 20.8 Å². The van der Waals surface area contributed by atoms with E-state index >= 15 is 0 Å². The molecule has 106 valence electrons. The zero-order valence-corrected chi connectivity index (χ0v) is 12.5. The molecule has 1 fully saturated rings. The number of aliphatic hydroxyl groups excluding tert-OH is 1. The number of methoxy groups -OCH3 is 1. The summed E-state index contributed by atoms with van der Waals surface area (Å²) < 4.78 is 17.3. The Morgan fingerprint density at radius 2 is 2.16 bits per heavy atom. The summed E-state index contributed by atoms with van der Waals surface area (Å²) in [4.78, 5) is 0. The lowest BCUT2D eigenvalue weighted by Crippen LogP contribution is -2.53. The molecule has 0 aromatic heterocycles. The van der Waals surface area contributed by atoms with Crippen LogP contribution < -0.4 is 0 Å². The minimum Gasteiger partial charge on any atom is -0.390 e. The molecule has 0 aliphatic heterocycles. The number of halogens is 1. The summed E-state index contributed by atoms with van der Waals surface area (Å²) >= 11 is 3.43. The number of rotatable bonds is 7. The van der Waals surface area contributed by atoms with E-state index in [1.54, 1.807) is 7.11 Å². The van der Waals surface area contributed by atoms with Crippen LogP contribution in [0.15, 0.2) is 28.7 Å². The molecule has 1 aliphatic rings. The van der Waals surface area contributed by atoms with Gasteiger partial charge >= 0.3 is 0 Å². The smallest absolute Gasteiger partial charge is 0.110 e. The number of hydrogen-bond donors (Lipinski definition) is 1. The SMILES string of the molecule is COCCOC1C(O)CC1OCc1cccc(Br)c1. The summed E-state index contributed by atoms with van der Waals surface area (Å²) in [6.45, 7) is 1.54. The fourth-order valence-corrected chi connectivity index (χ4v) is 2.48. The molecule has 0 spiro atoms. The van der Waals surface area contributed by atoms with E-state index < -0.39 is 6.10 Å². The molecule has 2 rings (SSSR count). The highest BCUT2D eigenvalue weighted by Crippen LogP contribution is 2.28. The van der Waals surface area contributed by atoms with Crippen molar-refractivity contribution in [2.24, 2.45) is 0 Å². The Morgan fingerprint density at radius 1 is 1.32 bits per heavy atom. The van der Waals surface area contributed by atoms with Crippen molar-refractivity contribution in [1.82, 2.24) is 0 Å². The van der Waals surface area contributed by atoms with Crippen molar-refractivity contribution in [3.05, 3.63) is 34.3 Å². The molecular formula is C14H19BrO4. The van der Waals surface area contributed by atoms with E-state index in [1.165, 1.54) is 0 Å². The Kier molecular flexibility index (Phi) is 5.78. The average Bonchev–Trinajstić information content (AvgIpc) is 2.39. The second-order valence-electron chi connectivity index (χ2n) is 4.61. The van der Waals surface area contributed by atoms with Gasteiger partial charge in [0.1, 0.15) is 6.10 Å². The van der Waals surface area contributed by atoms with Crippen molar-refractivity contribution >= 4 is 15.9 Å². The van der Waals surface area contributed by atoms with E-state index in [-0.39, 0.29) is 12.2 Å². The van der Waals surface area contributed by atoms with E-state index in [2.05, 4.69) is 15.9 Å². The van der Waals surface area contributed by atoms with Gasteiger partial charge in [0.25, 0.3) is 0 Å². The third-order valence-electron chi connectivity index (χ3n) is 3.17. The lowest BCUT2D eigenvalue weighted by atomic mass is 9.88. The highest BCUT2D eigenvalue weighted by atomic mass is 79.9. The van der Waals surface area contributed by atoms with Gasteiger partial charge < -0.3 is 19.3 Å². The minimum atomic E-state index is -0.427. The highest BCUT2D eigenvalue weighted by molar-refractivity contribution is 9.10. The molecule has 4 nitrogen and oxygen atoms in total. The van der Waals surface area contributed by atoms with E-state index in [1.807, 2.05) is 24.3 Å². The Labute approximate surface area is 121 Å². The van der Waals surface area contributed by atoms with Gasteiger partial charge in [0.15, 0.2) is 0 Å². The predicted octanol–water partition coefficient (Wildman–Crippen LogP) is 2.13. The first kappa shape index (κ1) is 14.9. The first-order valence-electron chi connectivity index (χ1n) is 6.35. The summed E-state index contributed by atoms with van der Waals surface area (Å²) in [5.74, 6) is 0. The molecule has 0 bridgehead atoms. The standard InChI is InChI=1S/C14H19BrO4/c1-17-5-6-18-14-12(16)8-13(14)19-9-10-3-2-4-11(15)7-10/h2-4,7,12-14,16H,5-6,8-9H2,1H3. The normalized spacial score (nSPS) is 26.2. The lowest BCUT2D eigenvalue weighted by molar-refractivity contribution is -0.199. The van der Waals surface area contributed by atoms with Crippen LogP contribution in [-0.4, -0.2) is 43.7 Å². The van der Waals surface area contributed by atoms with Gasteiger partial charge in [-0.25, -0.2) is 0 Å². The second-order valence-corrected chi connectivity index (χ2v) is 5.53. The first-order valence-corrected chi connectivity index (χ1v) is 7.14. The van der Waals surface area contributed by atoms with Crippen molar-refractivity contribution in [3.63, 3.8) is 0 Å². The lowest BCUT2D eigenvalue weighted by Gasteiger charge is -2.40. The molecule has 1 saturated carbocycles. The van der Waals surface area contributed by atoms with Gasteiger partial charge in [-0.15, -0.1) is 0 Å². The molecule has 0 amide bonds. The molecule has 3 atom stereocenters. The van der Waals surface area contributed by atoms with Crippen LogP contribution in [0.5, 0.6) is 0 Å². The minimum absolute atomic E-state index is 0.0363. The Bertz CT molecular complexity index is 399. The van der Waals surface area contributed by atoms with E-state index in [9.17, 15) is 5.11 Å². The maximum absolute atomic E-state index is 9.67. The zero-order chi connectivity index (χ0) is 13.7. The number of hydrogen-bond acceptors (Lipinski definition) is 4. The molecule has 1 aliphatic carbocycles. The molecule has 0 heterocycles. The van der Waals surface area contributed by atoms with Crippen molar-refractivity contribution in [2.45, 2.75) is 31.3 Å². The van der Waals surface area contributed by atoms with E-state index in [0.717, 1.165) is 10.0 Å². The maximum Gasteiger partial charge on any atom is 0.110 e. The molecule has 1 N–H and O–H groups in total. The third kappa shape index (κ3) is 4.26. The predicted molar refractivity (Wildman–Crippen MR) is 75.0 cm³/mol. The van der Waals surface area contributed by atoms with Crippen LogP contribution in [0.3, 0.4) is 0 Å². The Morgan fingerprint density at radius 3 is 2.84 bits per heavy atom. The van der Waals surface area contributed by atoms with Crippen molar-refractivity contribution in [2.75, 3.05) is 20.3 Å². The Balaban J connectivity index is 1.76. The zero-order valence-electron chi connectivity index (χ0n) is 10.9. The van der Waals surface area contributed by atoms with Gasteiger partial charge in [-0.05, 0) is 17.7 Å². The van der Waals surface area contributed by atoms with Gasteiger partial charge in [0.05, 0.1) is 32.0 Å². The van der Waals surface area contributed by atoms with Gasteiger partial charge in [-0.2, -0.15) is 0 Å². The first-order chi connectivity index (χ1) is 9.20. The molecule has 0 radical (unpaired) electrons. The summed E-state index contributed by atoms with van der Waals surface area (Å²) in [6.07, 6.45) is -0.0661. The average molecular weight is 331 g/mol. The second kappa shape index (κ2) is 7.36. The highest BCUT2D eigenvalue weighted by Gasteiger charge is 2.41. The van der Waals surface area contributed by atoms with Gasteiger partial charge in [0, 0.05) is 18.0 Å². The van der Waals surface area contributed by atoms with Crippen LogP contribution in [0, 0.1) is 0 Å². The molecular weight excluding hydrogens is 312 g/mol. The van der Waals surface area contributed by atoms with Crippen LogP contribution in [0.1, 0.15) is 12.0 Å². The quantitative estimate of drug-likeness (QED) is 0.778. The van der Waals surface area contributed by atoms with Crippen LogP contribution in [0.25, 0.3) is 0 Å². The van der Waals surface area contributed by atoms with Crippen LogP contribution in [0.4, 0.5) is 0 Å². The van der Waals surface area contributed by atoms with Crippen molar-refractivity contribution in [1.29, 1.82) is 0 Å². The van der Waals surface area contributed by atoms with Crippen molar-refractivity contribution in [3.8, 4) is 0 Å². The molecule has 1 aromatic rings. The fraction of sp³-hybridized carbons (Fsp3) is 0.571. The fourth-order valence-electron chi connectivity index (χ4n) is 2.04. The monoisotopic (exact) mass is 330 g/mol. The molecule has 3 unspecified atom stereocenters. The molecule has 5 heteroatoms. The van der Waals surface area contributed by atoms with Crippen molar-refractivity contribution < 1.29 is 19.3 Å². The summed E-state index contributed by atoms with van der Waals surface area (Å²) in [7, 11) is 1.63. The van der Waals surface area contributed by atoms with E-state index in [0.29, 0.717) is 26.2 Å². The van der Waals surface area contributed by atoms with Gasteiger partial charge in [-0.1, -0.05) is 28.1 Å². The largest absolute Gasteiger partial charge is 0.390 e. The Hall–Kier alpha value is -0.460. The molecule has 19 heavy (non-hydrogen) atoms. The van der Waals surface area contributed by atoms with Gasteiger partial charge in [0.2, 0.25) is 0 Å². The van der Waals surface area contributed by atoms with Crippen LogP contribution >= 0.6 is 15.9 Å². The van der Waals surface area contributed by atoms with E-state index in [4.69, 9.17) is 14.2 Å². The number of ether oxygens (including phenoxy) is 3. The number of aliphatic hydroxyl groups is 1. The third-order valence-corrected chi connectivity index (χ3v) is 3.66. The number of benzene rings is 1. The summed E-state index contributed by atoms with van der Waals surface area (Å²) in [6, 6.07) is 7.99. The van der Waals surface area contributed by atoms with Crippen LogP contribution in [0.2, 0.25) is 0 Å². The maximum atomic E-state index is 9.67. The molecule has 0 saturated heterocycles.